The van der Waals surface area contributed by atoms with Crippen molar-refractivity contribution in [3.05, 3.63) is 77.2 Å². The average Bonchev–Trinajstić information content (AvgIpc) is 3.09. The van der Waals surface area contributed by atoms with Gasteiger partial charge < -0.3 is 20.0 Å². The Balaban J connectivity index is 1.78. The number of nitrogens with zero attached hydrogens (tertiary/aromatic N) is 1. The highest BCUT2D eigenvalue weighted by Crippen LogP contribution is 2.29. The number of hydrogen-bond acceptors (Lipinski definition) is 5. The number of rotatable bonds is 6. The minimum Gasteiger partial charge on any atom is -0.478 e. The number of carbonyl (C=O) groups is 3. The Hall–Kier alpha value is -3.96. The van der Waals surface area contributed by atoms with E-state index in [1.54, 1.807) is 36.4 Å². The van der Waals surface area contributed by atoms with E-state index in [2.05, 4.69) is 10.2 Å². The fraction of sp³-hybridized carbons (Fsp3) is 0.100. The lowest BCUT2D eigenvalue weighted by Crippen LogP contribution is -2.22. The molecule has 2 N–H and O–H groups in total. The largest absolute Gasteiger partial charge is 0.478 e. The Bertz CT molecular complexity index is 976. The van der Waals surface area contributed by atoms with Crippen LogP contribution in [0, 0.1) is 6.57 Å². The van der Waals surface area contributed by atoms with Gasteiger partial charge in [-0.25, -0.2) is 11.4 Å². The second-order valence-corrected chi connectivity index (χ2v) is 5.70. The molecule has 2 aromatic rings. The molecule has 8 nitrogen and oxygen atoms in total. The first kappa shape index (κ1) is 18.8. The van der Waals surface area contributed by atoms with Crippen LogP contribution in [-0.4, -0.2) is 35.6 Å². The van der Waals surface area contributed by atoms with Crippen molar-refractivity contribution in [2.24, 2.45) is 0 Å². The van der Waals surface area contributed by atoms with Crippen molar-refractivity contribution in [2.45, 2.75) is 12.3 Å². The predicted molar refractivity (Wildman–Crippen MR) is 97.6 cm³/mol. The Morgan fingerprint density at radius 3 is 2.29 bits per heavy atom. The minimum atomic E-state index is -1.49. The first-order valence-corrected chi connectivity index (χ1v) is 8.12. The Kier molecular flexibility index (Phi) is 5.48. The summed E-state index contributed by atoms with van der Waals surface area (Å²) in [7, 11) is 0. The van der Waals surface area contributed by atoms with Gasteiger partial charge in [-0.2, -0.15) is 0 Å². The number of anilines is 1. The molecule has 2 unspecified atom stereocenters. The number of carbonyl (C=O) groups excluding carboxylic acids is 2. The molecule has 0 aliphatic carbocycles. The quantitative estimate of drug-likeness (QED) is 0.591. The van der Waals surface area contributed by atoms with Crippen molar-refractivity contribution in [3.63, 3.8) is 0 Å². The third kappa shape index (κ3) is 3.90. The molecule has 1 aliphatic heterocycles. The molecule has 2 aromatic carbocycles. The summed E-state index contributed by atoms with van der Waals surface area (Å²) >= 11 is 0. The number of para-hydroxylation sites is 1. The van der Waals surface area contributed by atoms with Crippen molar-refractivity contribution < 1.29 is 29.0 Å². The summed E-state index contributed by atoms with van der Waals surface area (Å²) in [6, 6.07) is 15.5. The summed E-state index contributed by atoms with van der Waals surface area (Å²) in [5.41, 5.74) is -0.553. The van der Waals surface area contributed by atoms with Crippen LogP contribution in [0.15, 0.2) is 65.7 Å². The number of carboxylic acids is 1. The molecule has 1 heterocycles. The van der Waals surface area contributed by atoms with Crippen LogP contribution in [0.25, 0.3) is 4.85 Å². The minimum absolute atomic E-state index is 0.248. The van der Waals surface area contributed by atoms with Gasteiger partial charge >= 0.3 is 12.2 Å². The fourth-order valence-corrected chi connectivity index (χ4v) is 2.66. The van der Waals surface area contributed by atoms with Crippen LogP contribution >= 0.6 is 0 Å². The number of amides is 1. The summed E-state index contributed by atoms with van der Waals surface area (Å²) in [6.45, 7) is 7.09. The van der Waals surface area contributed by atoms with Gasteiger partial charge in [0.1, 0.15) is 17.1 Å². The number of aldehydes is 1. The lowest BCUT2D eigenvalue weighted by atomic mass is 10.0. The molecular formula is C20H14N2O6. The maximum atomic E-state index is 12.5. The van der Waals surface area contributed by atoms with Crippen molar-refractivity contribution in [3.8, 4) is 11.5 Å². The first-order valence-electron chi connectivity index (χ1n) is 8.12. The second kappa shape index (κ2) is 8.16. The summed E-state index contributed by atoms with van der Waals surface area (Å²) < 4.78 is 10.7. The average molecular weight is 378 g/mol. The van der Waals surface area contributed by atoms with E-state index < -0.39 is 29.8 Å². The highest BCUT2D eigenvalue weighted by atomic mass is 16.5. The van der Waals surface area contributed by atoms with Crippen molar-refractivity contribution in [1.29, 1.82) is 0 Å². The third-order valence-electron chi connectivity index (χ3n) is 3.90. The van der Waals surface area contributed by atoms with Gasteiger partial charge in [0.2, 0.25) is 0 Å². The normalized spacial score (nSPS) is 18.2. The van der Waals surface area contributed by atoms with Crippen LogP contribution in [0.2, 0.25) is 0 Å². The van der Waals surface area contributed by atoms with Crippen LogP contribution in [0.5, 0.6) is 11.5 Å². The van der Waals surface area contributed by atoms with Crippen LogP contribution < -0.4 is 10.1 Å². The Morgan fingerprint density at radius 2 is 1.71 bits per heavy atom. The molecule has 0 aromatic heterocycles. The molecule has 0 saturated carbocycles. The van der Waals surface area contributed by atoms with Crippen molar-refractivity contribution >= 4 is 23.9 Å². The van der Waals surface area contributed by atoms with Crippen LogP contribution in [0.3, 0.4) is 0 Å². The molecule has 0 radical (unpaired) electrons. The zero-order valence-corrected chi connectivity index (χ0v) is 14.4. The van der Waals surface area contributed by atoms with E-state index in [9.17, 15) is 19.5 Å². The van der Waals surface area contributed by atoms with Gasteiger partial charge in [0.25, 0.3) is 5.91 Å². The molecule has 1 aliphatic rings. The summed E-state index contributed by atoms with van der Waals surface area (Å²) in [6.07, 6.45) is -2.67. The third-order valence-corrected chi connectivity index (χ3v) is 3.90. The van der Waals surface area contributed by atoms with E-state index in [0.717, 1.165) is 0 Å². The second-order valence-electron chi connectivity index (χ2n) is 5.70. The Morgan fingerprint density at radius 1 is 1.07 bits per heavy atom. The molecule has 140 valence electrons. The van der Waals surface area contributed by atoms with E-state index in [4.69, 9.17) is 16.0 Å². The zero-order chi connectivity index (χ0) is 20.1. The predicted octanol–water partition coefficient (Wildman–Crippen LogP) is 2.64. The maximum Gasteiger partial charge on any atom is 0.361 e. The molecule has 0 saturated heterocycles. The van der Waals surface area contributed by atoms with Crippen molar-refractivity contribution in [2.75, 3.05) is 5.32 Å². The fourth-order valence-electron chi connectivity index (χ4n) is 2.66. The lowest BCUT2D eigenvalue weighted by Gasteiger charge is -2.09. The molecule has 2 atom stereocenters. The number of carboxylic acid groups (broad SMARTS) is 1. The lowest BCUT2D eigenvalue weighted by molar-refractivity contribution is -0.135. The molecule has 0 spiro atoms. The molecular weight excluding hydrogens is 364 g/mol. The van der Waals surface area contributed by atoms with Crippen LogP contribution in [0.1, 0.15) is 0 Å². The van der Waals surface area contributed by atoms with Gasteiger partial charge in [0, 0.05) is 5.69 Å². The van der Waals surface area contributed by atoms with Gasteiger partial charge in [-0.15, -0.1) is 0 Å². The number of hydrogen-bond donors (Lipinski definition) is 2. The topological polar surface area (TPSA) is 106 Å². The van der Waals surface area contributed by atoms with Gasteiger partial charge in [-0.3, -0.25) is 14.4 Å². The molecule has 8 heteroatoms. The smallest absolute Gasteiger partial charge is 0.361 e. The molecule has 0 bridgehead atoms. The number of benzene rings is 2. The summed E-state index contributed by atoms with van der Waals surface area (Å²) in [5.74, 6) is -1.11. The van der Waals surface area contributed by atoms with E-state index in [1.807, 2.05) is 18.2 Å². The van der Waals surface area contributed by atoms with Crippen LogP contribution in [-0.2, 0) is 19.1 Å². The van der Waals surface area contributed by atoms with Crippen LogP contribution in [0.4, 0.5) is 5.69 Å². The van der Waals surface area contributed by atoms with Gasteiger partial charge in [0.05, 0.1) is 5.57 Å². The zero-order valence-electron chi connectivity index (χ0n) is 14.4. The first-order chi connectivity index (χ1) is 13.5. The number of aliphatic carboxylic acids is 1. The highest BCUT2D eigenvalue weighted by molar-refractivity contribution is 6.11. The standard InChI is InChI=1S/C20H14N2O6/c1-21-19-17(16(20(25)26)15(11-23)28-19)18(24)22-12-7-9-14(10-8-12)27-13-5-3-2-4-6-13/h2-11,15,19H,(H,22,24)(H,25,26). The van der Waals surface area contributed by atoms with Gasteiger partial charge in [-0.1, -0.05) is 18.2 Å². The number of nitrogens with one attached hydrogen (secondary N) is 1. The maximum absolute atomic E-state index is 12.5. The molecule has 28 heavy (non-hydrogen) atoms. The van der Waals surface area contributed by atoms with E-state index in [1.165, 1.54) is 0 Å². The molecule has 1 amide bonds. The van der Waals surface area contributed by atoms with Crippen molar-refractivity contribution in [1.82, 2.24) is 0 Å². The number of ether oxygens (including phenoxy) is 2. The highest BCUT2D eigenvalue weighted by Gasteiger charge is 2.45. The monoisotopic (exact) mass is 378 g/mol. The summed E-state index contributed by atoms with van der Waals surface area (Å²) in [5, 5.41) is 11.8. The summed E-state index contributed by atoms with van der Waals surface area (Å²) in [4.78, 5) is 38.1. The van der Waals surface area contributed by atoms with E-state index in [-0.39, 0.29) is 11.9 Å². The van der Waals surface area contributed by atoms with E-state index >= 15 is 0 Å². The van der Waals surface area contributed by atoms with Gasteiger partial charge in [-0.05, 0) is 36.4 Å². The van der Waals surface area contributed by atoms with Gasteiger partial charge in [0.15, 0.2) is 12.4 Å². The van der Waals surface area contributed by atoms with E-state index in [0.29, 0.717) is 17.2 Å². The Labute approximate surface area is 159 Å². The molecule has 0 fully saturated rings. The SMILES string of the molecule is [C-]#[N+]C1OC(C=O)C(C(=O)O)=C1C(=O)Nc1ccc(Oc2ccccc2)cc1. The molecule has 3 rings (SSSR count).